The van der Waals surface area contributed by atoms with E-state index in [1.165, 1.54) is 0 Å². The van der Waals surface area contributed by atoms with Gasteiger partial charge in [-0.2, -0.15) is 10.2 Å². The Kier molecular flexibility index (Phi) is 5.50. The molecule has 0 unspecified atom stereocenters. The van der Waals surface area contributed by atoms with Crippen LogP contribution in [0.1, 0.15) is 18.4 Å². The second-order valence-corrected chi connectivity index (χ2v) is 7.20. The molecule has 0 amide bonds. The van der Waals surface area contributed by atoms with Crippen LogP contribution in [0.2, 0.25) is 0 Å². The molecule has 0 spiro atoms. The first-order valence-electron chi connectivity index (χ1n) is 9.79. The smallest absolute Gasteiger partial charge is 0.229 e. The summed E-state index contributed by atoms with van der Waals surface area (Å²) >= 11 is 0. The molecule has 1 aromatic heterocycles. The quantitative estimate of drug-likeness (QED) is 0.551. The Morgan fingerprint density at radius 1 is 0.935 bits per heavy atom. The maximum absolute atomic E-state index is 9.45. The number of nitrogens with zero attached hydrogens (tertiary/aromatic N) is 3. The van der Waals surface area contributed by atoms with Gasteiger partial charge in [-0.05, 0) is 36.6 Å². The van der Waals surface area contributed by atoms with Crippen LogP contribution in [-0.2, 0) is 5.41 Å². The average molecular weight is 417 g/mol. The highest BCUT2D eigenvalue weighted by molar-refractivity contribution is 5.66. The van der Waals surface area contributed by atoms with E-state index in [9.17, 15) is 5.26 Å². The number of hydrogen-bond donors (Lipinski definition) is 2. The lowest BCUT2D eigenvalue weighted by atomic mass is 9.97. The lowest BCUT2D eigenvalue weighted by Gasteiger charge is -2.15. The minimum absolute atomic E-state index is 0.331. The van der Waals surface area contributed by atoms with Crippen molar-refractivity contribution in [3.63, 3.8) is 0 Å². The van der Waals surface area contributed by atoms with Gasteiger partial charge in [-0.3, -0.25) is 0 Å². The fourth-order valence-corrected chi connectivity index (χ4v) is 3.40. The minimum Gasteiger partial charge on any atom is -0.493 e. The summed E-state index contributed by atoms with van der Waals surface area (Å²) in [4.78, 5) is 8.83. The predicted octanol–water partition coefficient (Wildman–Crippen LogP) is 4.54. The first kappa shape index (κ1) is 20.3. The van der Waals surface area contributed by atoms with E-state index in [4.69, 9.17) is 14.2 Å². The molecule has 2 N–H and O–H groups in total. The maximum atomic E-state index is 9.45. The van der Waals surface area contributed by atoms with E-state index in [2.05, 4.69) is 26.7 Å². The largest absolute Gasteiger partial charge is 0.493 e. The van der Waals surface area contributed by atoms with Crippen LogP contribution >= 0.6 is 0 Å². The zero-order valence-corrected chi connectivity index (χ0v) is 17.6. The van der Waals surface area contributed by atoms with Gasteiger partial charge in [-0.1, -0.05) is 12.1 Å². The van der Waals surface area contributed by atoms with E-state index >= 15 is 0 Å². The van der Waals surface area contributed by atoms with Crippen molar-refractivity contribution in [1.82, 2.24) is 9.97 Å². The molecule has 0 saturated heterocycles. The molecule has 8 nitrogen and oxygen atoms in total. The molecule has 1 saturated carbocycles. The standard InChI is InChI=1S/C23H23N5O3/c1-29-18-12-17(13-19(30-2)21(18)31-3)27-22-25-10-7-20(28-22)26-16-6-4-5-15(11-16)23(14-24)8-9-23/h4-7,10-13H,8-9H2,1-3H3,(H2,25,26,27,28). The SMILES string of the molecule is COc1cc(Nc2nccc(Nc3cccc(C4(C#N)CC4)c3)n2)cc(OC)c1OC. The number of anilines is 4. The maximum Gasteiger partial charge on any atom is 0.229 e. The van der Waals surface area contributed by atoms with Gasteiger partial charge in [0.1, 0.15) is 5.82 Å². The van der Waals surface area contributed by atoms with Gasteiger partial charge in [-0.15, -0.1) is 0 Å². The number of aromatic nitrogens is 2. The van der Waals surface area contributed by atoms with Crippen molar-refractivity contribution < 1.29 is 14.2 Å². The molecule has 8 heteroatoms. The number of rotatable bonds is 8. The van der Waals surface area contributed by atoms with Crippen LogP contribution in [0.15, 0.2) is 48.7 Å². The molecular weight excluding hydrogens is 394 g/mol. The molecule has 3 aromatic rings. The number of methoxy groups -OCH3 is 3. The van der Waals surface area contributed by atoms with Gasteiger partial charge in [0.15, 0.2) is 11.5 Å². The molecule has 0 bridgehead atoms. The molecule has 31 heavy (non-hydrogen) atoms. The lowest BCUT2D eigenvalue weighted by molar-refractivity contribution is 0.324. The predicted molar refractivity (Wildman–Crippen MR) is 118 cm³/mol. The zero-order chi connectivity index (χ0) is 21.8. The fourth-order valence-electron chi connectivity index (χ4n) is 3.40. The first-order valence-corrected chi connectivity index (χ1v) is 9.79. The highest BCUT2D eigenvalue weighted by Gasteiger charge is 2.44. The molecule has 0 atom stereocenters. The van der Waals surface area contributed by atoms with Crippen LogP contribution in [0.25, 0.3) is 0 Å². The number of hydrogen-bond acceptors (Lipinski definition) is 8. The van der Waals surface area contributed by atoms with Crippen molar-refractivity contribution in [1.29, 1.82) is 5.26 Å². The second kappa shape index (κ2) is 8.40. The number of benzene rings is 2. The van der Waals surface area contributed by atoms with E-state index in [1.807, 2.05) is 24.3 Å². The zero-order valence-electron chi connectivity index (χ0n) is 17.6. The highest BCUT2D eigenvalue weighted by Crippen LogP contribution is 2.48. The number of nitriles is 1. The van der Waals surface area contributed by atoms with Crippen LogP contribution in [0, 0.1) is 11.3 Å². The third kappa shape index (κ3) is 4.16. The summed E-state index contributed by atoms with van der Waals surface area (Å²) in [6, 6.07) is 15.7. The average Bonchev–Trinajstić information content (AvgIpc) is 3.60. The molecule has 0 radical (unpaired) electrons. The van der Waals surface area contributed by atoms with E-state index < -0.39 is 0 Å². The van der Waals surface area contributed by atoms with Crippen LogP contribution in [-0.4, -0.2) is 31.3 Å². The molecule has 1 aliphatic carbocycles. The molecule has 2 aromatic carbocycles. The van der Waals surface area contributed by atoms with Gasteiger partial charge in [0.05, 0.1) is 32.8 Å². The molecule has 4 rings (SSSR count). The van der Waals surface area contributed by atoms with Crippen molar-refractivity contribution >= 4 is 23.1 Å². The van der Waals surface area contributed by atoms with Gasteiger partial charge >= 0.3 is 0 Å². The van der Waals surface area contributed by atoms with E-state index in [0.29, 0.717) is 34.7 Å². The Hall–Kier alpha value is -3.99. The summed E-state index contributed by atoms with van der Waals surface area (Å²) in [5.74, 6) is 2.61. The molecular formula is C23H23N5O3. The summed E-state index contributed by atoms with van der Waals surface area (Å²) in [5, 5.41) is 15.9. The molecule has 0 aliphatic heterocycles. The normalized spacial score (nSPS) is 13.6. The van der Waals surface area contributed by atoms with Crippen molar-refractivity contribution in [2.24, 2.45) is 0 Å². The van der Waals surface area contributed by atoms with Crippen molar-refractivity contribution in [3.05, 3.63) is 54.2 Å². The molecule has 1 heterocycles. The fraction of sp³-hybridized carbons (Fsp3) is 0.261. The van der Waals surface area contributed by atoms with E-state index in [-0.39, 0.29) is 5.41 Å². The summed E-state index contributed by atoms with van der Waals surface area (Å²) in [6.07, 6.45) is 3.48. The topological polar surface area (TPSA) is 101 Å². The van der Waals surface area contributed by atoms with Crippen LogP contribution in [0.4, 0.5) is 23.1 Å². The van der Waals surface area contributed by atoms with Gasteiger partial charge in [-0.25, -0.2) is 4.98 Å². The van der Waals surface area contributed by atoms with Gasteiger partial charge < -0.3 is 24.8 Å². The Balaban J connectivity index is 1.55. The second-order valence-electron chi connectivity index (χ2n) is 7.20. The van der Waals surface area contributed by atoms with E-state index in [0.717, 1.165) is 24.1 Å². The minimum atomic E-state index is -0.331. The Morgan fingerprint density at radius 3 is 2.29 bits per heavy atom. The Labute approximate surface area is 180 Å². The molecule has 1 fully saturated rings. The monoisotopic (exact) mass is 417 g/mol. The summed E-state index contributed by atoms with van der Waals surface area (Å²) < 4.78 is 16.1. The lowest BCUT2D eigenvalue weighted by Crippen LogP contribution is -2.04. The Morgan fingerprint density at radius 2 is 1.68 bits per heavy atom. The van der Waals surface area contributed by atoms with Crippen molar-refractivity contribution in [2.75, 3.05) is 32.0 Å². The van der Waals surface area contributed by atoms with Crippen LogP contribution < -0.4 is 24.8 Å². The third-order valence-corrected chi connectivity index (χ3v) is 5.23. The number of ether oxygens (including phenoxy) is 3. The van der Waals surface area contributed by atoms with E-state index in [1.54, 1.807) is 45.7 Å². The summed E-state index contributed by atoms with van der Waals surface area (Å²) in [7, 11) is 4.69. The van der Waals surface area contributed by atoms with Gasteiger partial charge in [0.2, 0.25) is 11.7 Å². The Bertz CT molecular complexity index is 1110. The van der Waals surface area contributed by atoms with Crippen molar-refractivity contribution in [2.45, 2.75) is 18.3 Å². The van der Waals surface area contributed by atoms with Crippen molar-refractivity contribution in [3.8, 4) is 23.3 Å². The highest BCUT2D eigenvalue weighted by atomic mass is 16.5. The van der Waals surface area contributed by atoms with Gasteiger partial charge in [0.25, 0.3) is 0 Å². The first-order chi connectivity index (χ1) is 15.1. The van der Waals surface area contributed by atoms with Crippen LogP contribution in [0.5, 0.6) is 17.2 Å². The molecule has 1 aliphatic rings. The third-order valence-electron chi connectivity index (χ3n) is 5.23. The summed E-state index contributed by atoms with van der Waals surface area (Å²) in [5.41, 5.74) is 2.27. The molecule has 158 valence electrons. The van der Waals surface area contributed by atoms with Gasteiger partial charge in [0, 0.05) is 29.7 Å². The number of nitrogens with one attached hydrogen (secondary N) is 2. The summed E-state index contributed by atoms with van der Waals surface area (Å²) in [6.45, 7) is 0. The van der Waals surface area contributed by atoms with Crippen LogP contribution in [0.3, 0.4) is 0 Å².